The van der Waals surface area contributed by atoms with Crippen LogP contribution in [0.5, 0.6) is 0 Å². The van der Waals surface area contributed by atoms with Crippen molar-refractivity contribution in [2.75, 3.05) is 6.61 Å². The first-order valence-electron chi connectivity index (χ1n) is 17.6. The van der Waals surface area contributed by atoms with E-state index in [2.05, 4.69) is 47.6 Å². The van der Waals surface area contributed by atoms with Gasteiger partial charge in [-0.3, -0.25) is 9.59 Å². The van der Waals surface area contributed by atoms with Gasteiger partial charge in [0.1, 0.15) is 6.10 Å². The minimum atomic E-state index is -0.279. The van der Waals surface area contributed by atoms with Gasteiger partial charge in [0.25, 0.3) is 0 Å². The van der Waals surface area contributed by atoms with E-state index in [1.54, 1.807) is 5.57 Å². The Morgan fingerprint density at radius 2 is 1.68 bits per heavy atom. The fourth-order valence-corrected chi connectivity index (χ4v) is 9.99. The maximum absolute atomic E-state index is 12.6. The van der Waals surface area contributed by atoms with E-state index in [1.165, 1.54) is 57.8 Å². The van der Waals surface area contributed by atoms with Crippen molar-refractivity contribution in [3.05, 3.63) is 11.6 Å². The summed E-state index contributed by atoms with van der Waals surface area (Å²) in [5, 5.41) is 0. The average Bonchev–Trinajstić information content (AvgIpc) is 3.29. The maximum Gasteiger partial charge on any atom is 0.306 e. The van der Waals surface area contributed by atoms with Crippen LogP contribution in [0.2, 0.25) is 0 Å². The van der Waals surface area contributed by atoms with Crippen molar-refractivity contribution in [2.45, 2.75) is 157 Å². The van der Waals surface area contributed by atoms with Crippen LogP contribution in [-0.4, -0.2) is 24.6 Å². The Balaban J connectivity index is 1.28. The summed E-state index contributed by atoms with van der Waals surface area (Å²) in [6, 6.07) is 0. The lowest BCUT2D eigenvalue weighted by Gasteiger charge is -2.58. The van der Waals surface area contributed by atoms with Crippen molar-refractivity contribution in [1.29, 1.82) is 0 Å². The number of esters is 2. The van der Waals surface area contributed by atoms with Crippen molar-refractivity contribution in [1.82, 2.24) is 0 Å². The maximum atomic E-state index is 12.6. The smallest absolute Gasteiger partial charge is 0.306 e. The van der Waals surface area contributed by atoms with E-state index < -0.39 is 0 Å². The van der Waals surface area contributed by atoms with Gasteiger partial charge in [-0.25, -0.2) is 0 Å². The summed E-state index contributed by atoms with van der Waals surface area (Å²) in [4.78, 5) is 24.6. The van der Waals surface area contributed by atoms with Crippen LogP contribution < -0.4 is 0 Å². The zero-order chi connectivity index (χ0) is 29.6. The monoisotopic (exact) mass is 570 g/mol. The molecule has 0 amide bonds. The molecule has 3 saturated carbocycles. The van der Waals surface area contributed by atoms with Gasteiger partial charge in [-0.15, -0.1) is 0 Å². The predicted octanol–water partition coefficient (Wildman–Crippen LogP) is 9.84. The Kier molecular flexibility index (Phi) is 11.5. The normalized spacial score (nSPS) is 35.2. The van der Waals surface area contributed by atoms with E-state index >= 15 is 0 Å². The fourth-order valence-electron chi connectivity index (χ4n) is 9.99. The average molecular weight is 571 g/mol. The van der Waals surface area contributed by atoms with Crippen LogP contribution in [0.3, 0.4) is 0 Å². The number of unbranched alkanes of at least 4 members (excludes halogenated alkanes) is 3. The molecule has 41 heavy (non-hydrogen) atoms. The predicted molar refractivity (Wildman–Crippen MR) is 167 cm³/mol. The summed E-state index contributed by atoms with van der Waals surface area (Å²) in [7, 11) is 0. The molecular formula is C37H62O4. The molecule has 0 saturated heterocycles. The van der Waals surface area contributed by atoms with Gasteiger partial charge in [-0.2, -0.15) is 0 Å². The third-order valence-corrected chi connectivity index (χ3v) is 12.4. The zero-order valence-corrected chi connectivity index (χ0v) is 27.5. The van der Waals surface area contributed by atoms with Gasteiger partial charge in [0, 0.05) is 6.42 Å². The molecule has 4 aliphatic carbocycles. The Labute approximate surface area is 252 Å². The van der Waals surface area contributed by atoms with Crippen LogP contribution >= 0.6 is 0 Å². The lowest BCUT2D eigenvalue weighted by molar-refractivity contribution is -0.155. The van der Waals surface area contributed by atoms with Crippen molar-refractivity contribution in [2.24, 2.45) is 46.3 Å². The molecule has 4 heteroatoms. The lowest BCUT2D eigenvalue weighted by Crippen LogP contribution is -2.51. The number of allylic oxidation sites excluding steroid dienone is 1. The van der Waals surface area contributed by atoms with Gasteiger partial charge in [-0.05, 0) is 97.7 Å². The summed E-state index contributed by atoms with van der Waals surface area (Å²) >= 11 is 0. The van der Waals surface area contributed by atoms with Crippen molar-refractivity contribution in [3.63, 3.8) is 0 Å². The van der Waals surface area contributed by atoms with Gasteiger partial charge in [-0.1, -0.05) is 91.7 Å². The van der Waals surface area contributed by atoms with Gasteiger partial charge in [0.2, 0.25) is 0 Å². The molecule has 4 unspecified atom stereocenters. The van der Waals surface area contributed by atoms with E-state index in [0.717, 1.165) is 74.0 Å². The fraction of sp³-hybridized carbons (Fsp3) is 0.892. The molecule has 0 radical (unpaired) electrons. The molecule has 0 aromatic rings. The first-order valence-corrected chi connectivity index (χ1v) is 17.6. The van der Waals surface area contributed by atoms with Crippen LogP contribution in [0.4, 0.5) is 0 Å². The van der Waals surface area contributed by atoms with Gasteiger partial charge in [0.15, 0.2) is 0 Å². The molecule has 4 rings (SSSR count). The molecule has 0 aromatic carbocycles. The first kappa shape index (κ1) is 32.6. The second-order valence-corrected chi connectivity index (χ2v) is 15.4. The lowest BCUT2D eigenvalue weighted by atomic mass is 9.47. The van der Waals surface area contributed by atoms with Crippen molar-refractivity contribution in [3.8, 4) is 0 Å². The highest BCUT2D eigenvalue weighted by Gasteiger charge is 2.59. The standard InChI is InChI=1S/C37H62O4/c1-7-8-9-10-24-40-34(38)18-19-35(39)41-29-20-22-36(5)28(25-29)14-15-30-32-17-16-31(27(4)13-11-12-26(2)3)37(32,6)23-21-33(30)36/h14,26-27,29-33H,7-13,15-25H2,1-6H3/t27?,29-,30?,31+,32?,33?,36-,37+/m0/s1. The number of rotatable bonds is 14. The number of fused-ring (bicyclic) bond motifs is 5. The van der Waals surface area contributed by atoms with E-state index in [1.807, 2.05) is 0 Å². The second kappa shape index (κ2) is 14.4. The third kappa shape index (κ3) is 7.61. The highest BCUT2D eigenvalue weighted by molar-refractivity contribution is 5.77. The van der Waals surface area contributed by atoms with Crippen LogP contribution in [0.15, 0.2) is 11.6 Å². The number of carbonyl (C=O) groups is 2. The van der Waals surface area contributed by atoms with Crippen LogP contribution in [0, 0.1) is 46.3 Å². The molecule has 0 aromatic heterocycles. The highest BCUT2D eigenvalue weighted by Crippen LogP contribution is 2.67. The molecule has 234 valence electrons. The zero-order valence-electron chi connectivity index (χ0n) is 27.5. The summed E-state index contributed by atoms with van der Waals surface area (Å²) < 4.78 is 11.2. The Bertz CT molecular complexity index is 907. The Morgan fingerprint density at radius 1 is 0.902 bits per heavy atom. The third-order valence-electron chi connectivity index (χ3n) is 12.4. The van der Waals surface area contributed by atoms with Gasteiger partial charge >= 0.3 is 11.9 Å². The molecule has 8 atom stereocenters. The molecule has 0 bridgehead atoms. The molecular weight excluding hydrogens is 508 g/mol. The van der Waals surface area contributed by atoms with Crippen LogP contribution in [0.25, 0.3) is 0 Å². The summed E-state index contributed by atoms with van der Waals surface area (Å²) in [6.07, 6.45) is 21.1. The van der Waals surface area contributed by atoms with E-state index in [0.29, 0.717) is 12.0 Å². The molecule has 0 heterocycles. The van der Waals surface area contributed by atoms with Crippen LogP contribution in [0.1, 0.15) is 151 Å². The summed E-state index contributed by atoms with van der Waals surface area (Å²) in [6.45, 7) is 15.1. The molecule has 3 fully saturated rings. The highest BCUT2D eigenvalue weighted by atomic mass is 16.5. The van der Waals surface area contributed by atoms with Gasteiger partial charge in [0.05, 0.1) is 19.4 Å². The van der Waals surface area contributed by atoms with Crippen molar-refractivity contribution >= 4 is 11.9 Å². The molecule has 4 aliphatic rings. The summed E-state index contributed by atoms with van der Waals surface area (Å²) in [5.41, 5.74) is 2.33. The second-order valence-electron chi connectivity index (χ2n) is 15.4. The molecule has 0 N–H and O–H groups in total. The Hall–Kier alpha value is -1.32. The number of carbonyl (C=O) groups excluding carboxylic acids is 2. The number of ether oxygens (including phenoxy) is 2. The minimum absolute atomic E-state index is 0.0418. The molecule has 4 nitrogen and oxygen atoms in total. The van der Waals surface area contributed by atoms with E-state index in [-0.39, 0.29) is 36.3 Å². The summed E-state index contributed by atoms with van der Waals surface area (Å²) in [5.74, 6) is 4.51. The van der Waals surface area contributed by atoms with Crippen LogP contribution in [-0.2, 0) is 19.1 Å². The van der Waals surface area contributed by atoms with Crippen molar-refractivity contribution < 1.29 is 19.1 Å². The first-order chi connectivity index (χ1) is 19.6. The topological polar surface area (TPSA) is 52.6 Å². The molecule has 0 spiro atoms. The minimum Gasteiger partial charge on any atom is -0.466 e. The number of hydrogen-bond acceptors (Lipinski definition) is 4. The largest absolute Gasteiger partial charge is 0.466 e. The number of hydrogen-bond donors (Lipinski definition) is 0. The Morgan fingerprint density at radius 3 is 2.44 bits per heavy atom. The van der Waals surface area contributed by atoms with E-state index in [9.17, 15) is 9.59 Å². The quantitative estimate of drug-likeness (QED) is 0.118. The molecule has 0 aliphatic heterocycles. The van der Waals surface area contributed by atoms with Gasteiger partial charge < -0.3 is 9.47 Å². The SMILES string of the molecule is CCCCCCOC(=O)CCC(=O)O[C@H]1CC[C@@]2(C)C(=CCC3C2CC[C@@]2(C)C3CC[C@@H]2C(C)CCCC(C)C)C1. The van der Waals surface area contributed by atoms with E-state index in [4.69, 9.17) is 9.47 Å².